The van der Waals surface area contributed by atoms with Gasteiger partial charge in [0.2, 0.25) is 0 Å². The van der Waals surface area contributed by atoms with Gasteiger partial charge in [0.15, 0.2) is 0 Å². The molecule has 0 radical (unpaired) electrons. The van der Waals surface area contributed by atoms with E-state index in [4.69, 9.17) is 9.47 Å². The van der Waals surface area contributed by atoms with Crippen molar-refractivity contribution in [3.63, 3.8) is 0 Å². The van der Waals surface area contributed by atoms with Crippen LogP contribution in [-0.2, 0) is 0 Å². The van der Waals surface area contributed by atoms with E-state index in [1.807, 2.05) is 66.7 Å². The molecule has 0 saturated carbocycles. The van der Waals surface area contributed by atoms with Crippen LogP contribution >= 0.6 is 0 Å². The first kappa shape index (κ1) is 22.2. The first-order valence-corrected chi connectivity index (χ1v) is 11.3. The Morgan fingerprint density at radius 2 is 1.09 bits per heavy atom. The van der Waals surface area contributed by atoms with Crippen molar-refractivity contribution in [1.29, 1.82) is 0 Å². The highest BCUT2D eigenvalue weighted by molar-refractivity contribution is 6.07. The number of rotatable bonds is 6. The molecule has 0 spiro atoms. The monoisotopic (exact) mass is 460 g/mol. The molecule has 0 fully saturated rings. The summed E-state index contributed by atoms with van der Waals surface area (Å²) in [4.78, 5) is 11.9. The van der Waals surface area contributed by atoms with Gasteiger partial charge in [0.25, 0.3) is 0 Å². The zero-order valence-electron chi connectivity index (χ0n) is 19.5. The van der Waals surface area contributed by atoms with E-state index in [-0.39, 0.29) is 5.56 Å². The molecule has 0 aliphatic heterocycles. The van der Waals surface area contributed by atoms with Crippen molar-refractivity contribution in [2.75, 3.05) is 14.2 Å². The highest BCUT2D eigenvalue weighted by Crippen LogP contribution is 2.39. The van der Waals surface area contributed by atoms with E-state index >= 15 is 0 Å². The highest BCUT2D eigenvalue weighted by atomic mass is 16.5. The van der Waals surface area contributed by atoms with Crippen LogP contribution in [0.1, 0.15) is 10.4 Å². The van der Waals surface area contributed by atoms with Gasteiger partial charge in [-0.05, 0) is 80.6 Å². The number of aromatic carboxylic acids is 1. The lowest BCUT2D eigenvalue weighted by atomic mass is 9.89. The van der Waals surface area contributed by atoms with Crippen LogP contribution in [0.4, 0.5) is 0 Å². The van der Waals surface area contributed by atoms with Gasteiger partial charge in [-0.15, -0.1) is 0 Å². The summed E-state index contributed by atoms with van der Waals surface area (Å²) in [5, 5.41) is 11.9. The number of ether oxygens (including phenoxy) is 2. The maximum Gasteiger partial charge on any atom is 0.336 e. The van der Waals surface area contributed by atoms with Crippen molar-refractivity contribution in [3.8, 4) is 44.9 Å². The zero-order chi connectivity index (χ0) is 24.4. The predicted molar refractivity (Wildman–Crippen MR) is 140 cm³/mol. The van der Waals surface area contributed by atoms with Gasteiger partial charge < -0.3 is 14.6 Å². The lowest BCUT2D eigenvalue weighted by Gasteiger charge is -2.15. The van der Waals surface area contributed by atoms with E-state index < -0.39 is 5.97 Å². The fourth-order valence-electron chi connectivity index (χ4n) is 4.48. The molecule has 4 nitrogen and oxygen atoms in total. The maximum absolute atomic E-state index is 11.9. The van der Waals surface area contributed by atoms with Crippen molar-refractivity contribution >= 4 is 16.7 Å². The Kier molecular flexibility index (Phi) is 5.94. The highest BCUT2D eigenvalue weighted by Gasteiger charge is 2.15. The molecule has 0 heterocycles. The average molecular weight is 461 g/mol. The Labute approximate surface area is 204 Å². The fourth-order valence-corrected chi connectivity index (χ4v) is 4.48. The van der Waals surface area contributed by atoms with Crippen LogP contribution in [0.25, 0.3) is 44.2 Å². The van der Waals surface area contributed by atoms with Crippen LogP contribution in [-0.4, -0.2) is 25.3 Å². The number of carbonyl (C=O) groups is 1. The van der Waals surface area contributed by atoms with Crippen LogP contribution < -0.4 is 9.47 Å². The summed E-state index contributed by atoms with van der Waals surface area (Å²) in [5.74, 6) is 0.660. The average Bonchev–Trinajstić information content (AvgIpc) is 2.92. The fraction of sp³-hybridized carbons (Fsp3) is 0.0645. The van der Waals surface area contributed by atoms with Gasteiger partial charge in [-0.3, -0.25) is 0 Å². The number of methoxy groups -OCH3 is 2. The molecule has 0 saturated heterocycles. The number of hydrogen-bond acceptors (Lipinski definition) is 3. The van der Waals surface area contributed by atoms with Gasteiger partial charge in [-0.1, -0.05) is 66.7 Å². The van der Waals surface area contributed by atoms with Crippen LogP contribution in [0.15, 0.2) is 103 Å². The zero-order valence-corrected chi connectivity index (χ0v) is 19.5. The van der Waals surface area contributed by atoms with E-state index in [1.54, 1.807) is 26.4 Å². The topological polar surface area (TPSA) is 55.8 Å². The van der Waals surface area contributed by atoms with Gasteiger partial charge in [-0.2, -0.15) is 0 Å². The van der Waals surface area contributed by atoms with Crippen molar-refractivity contribution in [1.82, 2.24) is 0 Å². The third-order valence-corrected chi connectivity index (χ3v) is 6.29. The summed E-state index contributed by atoms with van der Waals surface area (Å²) in [6.07, 6.45) is 0. The molecule has 172 valence electrons. The maximum atomic E-state index is 11.9. The summed E-state index contributed by atoms with van der Waals surface area (Å²) in [6.45, 7) is 0. The lowest BCUT2D eigenvalue weighted by Crippen LogP contribution is -1.99. The molecule has 0 amide bonds. The summed E-state index contributed by atoms with van der Waals surface area (Å²) in [5.41, 5.74) is 6.13. The number of carboxylic acid groups (broad SMARTS) is 1. The Hall–Kier alpha value is -4.57. The molecule has 0 atom stereocenters. The minimum atomic E-state index is -0.942. The second-order valence-corrected chi connectivity index (χ2v) is 8.23. The van der Waals surface area contributed by atoms with E-state index in [0.717, 1.165) is 50.1 Å². The Balaban J connectivity index is 1.75. The Morgan fingerprint density at radius 3 is 1.63 bits per heavy atom. The molecule has 0 bridgehead atoms. The van der Waals surface area contributed by atoms with Crippen molar-refractivity contribution in [2.45, 2.75) is 0 Å². The normalized spacial score (nSPS) is 10.8. The summed E-state index contributed by atoms with van der Waals surface area (Å²) < 4.78 is 10.7. The quantitative estimate of drug-likeness (QED) is 0.284. The molecule has 35 heavy (non-hydrogen) atoms. The largest absolute Gasteiger partial charge is 0.497 e. The second kappa shape index (κ2) is 9.35. The third kappa shape index (κ3) is 4.22. The predicted octanol–water partition coefficient (Wildman–Crippen LogP) is 7.56. The molecule has 0 aliphatic carbocycles. The molecule has 4 heteroatoms. The number of fused-ring (bicyclic) bond motifs is 1. The van der Waals surface area contributed by atoms with Gasteiger partial charge in [0.1, 0.15) is 11.5 Å². The molecule has 5 rings (SSSR count). The molecular formula is C31H24O4. The molecule has 5 aromatic rings. The Bertz CT molecular complexity index is 1520. The van der Waals surface area contributed by atoms with Gasteiger partial charge in [0.05, 0.1) is 19.8 Å². The van der Waals surface area contributed by atoms with Gasteiger partial charge in [-0.25, -0.2) is 4.79 Å². The molecule has 0 aliphatic rings. The number of benzene rings is 5. The van der Waals surface area contributed by atoms with Crippen LogP contribution in [0.2, 0.25) is 0 Å². The molecule has 1 N–H and O–H groups in total. The van der Waals surface area contributed by atoms with E-state index in [0.29, 0.717) is 5.56 Å². The first-order valence-electron chi connectivity index (χ1n) is 11.3. The van der Waals surface area contributed by atoms with E-state index in [1.165, 1.54) is 0 Å². The van der Waals surface area contributed by atoms with Gasteiger partial charge >= 0.3 is 5.97 Å². The lowest BCUT2D eigenvalue weighted by molar-refractivity contribution is 0.0697. The van der Waals surface area contributed by atoms with E-state index in [9.17, 15) is 9.90 Å². The molecule has 5 aromatic carbocycles. The molecule has 0 unspecified atom stereocenters. The standard InChI is InChI=1S/C31H24O4/c1-34-23-12-7-20(8-13-23)26-17-18-27(21-9-14-24(35-2)15-10-21)30-19-22(11-16-28(26)30)25-5-3-4-6-29(25)31(32)33/h3-19H,1-2H3,(H,32,33). The summed E-state index contributed by atoms with van der Waals surface area (Å²) >= 11 is 0. The minimum absolute atomic E-state index is 0.282. The SMILES string of the molecule is COc1ccc(-c2ccc(-c3ccc(OC)cc3)c3cc(-c4ccccc4C(=O)O)ccc23)cc1. The number of hydrogen-bond donors (Lipinski definition) is 1. The second-order valence-electron chi connectivity index (χ2n) is 8.23. The van der Waals surface area contributed by atoms with Gasteiger partial charge in [0, 0.05) is 0 Å². The number of carboxylic acids is 1. The van der Waals surface area contributed by atoms with Crippen molar-refractivity contribution < 1.29 is 19.4 Å². The molecular weight excluding hydrogens is 436 g/mol. The van der Waals surface area contributed by atoms with Crippen LogP contribution in [0.3, 0.4) is 0 Å². The van der Waals surface area contributed by atoms with E-state index in [2.05, 4.69) is 24.3 Å². The first-order chi connectivity index (χ1) is 17.1. The Morgan fingerprint density at radius 1 is 0.571 bits per heavy atom. The van der Waals surface area contributed by atoms with Crippen LogP contribution in [0, 0.1) is 0 Å². The molecule has 0 aromatic heterocycles. The van der Waals surface area contributed by atoms with Crippen molar-refractivity contribution in [3.05, 3.63) is 109 Å². The third-order valence-electron chi connectivity index (χ3n) is 6.29. The minimum Gasteiger partial charge on any atom is -0.497 e. The summed E-state index contributed by atoms with van der Waals surface area (Å²) in [7, 11) is 3.31. The van der Waals surface area contributed by atoms with Crippen molar-refractivity contribution in [2.24, 2.45) is 0 Å². The summed E-state index contributed by atoms with van der Waals surface area (Å²) in [6, 6.07) is 33.5. The van der Waals surface area contributed by atoms with Crippen LogP contribution in [0.5, 0.6) is 11.5 Å². The smallest absolute Gasteiger partial charge is 0.336 e.